The maximum absolute atomic E-state index is 13.3. The number of pyridine rings is 2. The number of nitrogen functional groups attached to an aromatic ring is 1. The number of nitrogens with one attached hydrogen (secondary N) is 2. The lowest BCUT2D eigenvalue weighted by molar-refractivity contribution is -0.138. The molecule has 1 saturated heterocycles. The minimum atomic E-state index is -4.71. The number of anilines is 2. The third kappa shape index (κ3) is 3.71. The van der Waals surface area contributed by atoms with Crippen molar-refractivity contribution in [3.8, 4) is 0 Å². The number of carbonyl (C=O) groups excluding carboxylic acids is 1. The van der Waals surface area contributed by atoms with Crippen molar-refractivity contribution in [3.63, 3.8) is 0 Å². The van der Waals surface area contributed by atoms with Gasteiger partial charge in [0.1, 0.15) is 17.3 Å². The van der Waals surface area contributed by atoms with Crippen LogP contribution in [0.5, 0.6) is 0 Å². The Bertz CT molecular complexity index is 788. The van der Waals surface area contributed by atoms with Gasteiger partial charge in [0.05, 0.1) is 11.1 Å². The van der Waals surface area contributed by atoms with Crippen LogP contribution in [0.3, 0.4) is 0 Å². The largest absolute Gasteiger partial charge is 0.418 e. The number of ketones is 1. The van der Waals surface area contributed by atoms with Gasteiger partial charge >= 0.3 is 6.18 Å². The lowest BCUT2D eigenvalue weighted by atomic mass is 10.0. The van der Waals surface area contributed by atoms with Crippen LogP contribution in [0.2, 0.25) is 0 Å². The number of halogens is 3. The van der Waals surface area contributed by atoms with Crippen molar-refractivity contribution in [2.75, 3.05) is 24.1 Å². The van der Waals surface area contributed by atoms with Crippen LogP contribution >= 0.6 is 0 Å². The first-order chi connectivity index (χ1) is 11.9. The molecule has 6 nitrogen and oxygen atoms in total. The highest BCUT2D eigenvalue weighted by molar-refractivity contribution is 6.11. The minimum Gasteiger partial charge on any atom is -0.383 e. The molecular weight excluding hydrogens is 335 g/mol. The third-order valence-corrected chi connectivity index (χ3v) is 3.91. The van der Waals surface area contributed by atoms with Gasteiger partial charge in [0.15, 0.2) is 0 Å². The smallest absolute Gasteiger partial charge is 0.383 e. The van der Waals surface area contributed by atoms with Gasteiger partial charge in [0.25, 0.3) is 0 Å². The van der Waals surface area contributed by atoms with Crippen molar-refractivity contribution in [3.05, 3.63) is 47.3 Å². The summed E-state index contributed by atoms with van der Waals surface area (Å²) >= 11 is 0. The molecule has 9 heteroatoms. The zero-order chi connectivity index (χ0) is 18.0. The standard InChI is InChI=1S/C16H16F3N5O/c17-16(18,19)11-3-4-12(23-9-5-7-21-8-9)24-13(11)14(25)10-2-1-6-22-15(10)20/h1-4,6,9,21H,5,7-8H2,(H2,20,22)(H,23,24). The van der Waals surface area contributed by atoms with Crippen molar-refractivity contribution in [2.24, 2.45) is 0 Å². The molecule has 1 aliphatic heterocycles. The van der Waals surface area contributed by atoms with Gasteiger partial charge in [0.2, 0.25) is 5.78 Å². The van der Waals surface area contributed by atoms with Gasteiger partial charge in [-0.25, -0.2) is 9.97 Å². The molecule has 1 atom stereocenters. The van der Waals surface area contributed by atoms with Gasteiger partial charge in [0, 0.05) is 18.8 Å². The maximum atomic E-state index is 13.3. The van der Waals surface area contributed by atoms with Gasteiger partial charge in [-0.2, -0.15) is 13.2 Å². The zero-order valence-electron chi connectivity index (χ0n) is 13.1. The molecule has 132 valence electrons. The molecule has 1 aliphatic rings. The summed E-state index contributed by atoms with van der Waals surface area (Å²) in [7, 11) is 0. The molecule has 0 aliphatic carbocycles. The SMILES string of the molecule is Nc1ncccc1C(=O)c1nc(NC2CCNC2)ccc1C(F)(F)F. The van der Waals surface area contributed by atoms with Gasteiger partial charge in [-0.3, -0.25) is 4.79 Å². The molecule has 3 heterocycles. The molecule has 2 aromatic heterocycles. The second kappa shape index (κ2) is 6.67. The topological polar surface area (TPSA) is 92.9 Å². The summed E-state index contributed by atoms with van der Waals surface area (Å²) in [6.07, 6.45) is -2.53. The van der Waals surface area contributed by atoms with Crippen molar-refractivity contribution in [1.82, 2.24) is 15.3 Å². The molecule has 25 heavy (non-hydrogen) atoms. The Balaban J connectivity index is 2.01. The maximum Gasteiger partial charge on any atom is 0.418 e. The van der Waals surface area contributed by atoms with E-state index in [0.717, 1.165) is 19.0 Å². The van der Waals surface area contributed by atoms with E-state index in [0.29, 0.717) is 6.54 Å². The molecule has 0 spiro atoms. The molecule has 0 radical (unpaired) electrons. The molecule has 0 saturated carbocycles. The highest BCUT2D eigenvalue weighted by Gasteiger charge is 2.37. The normalized spacial score (nSPS) is 17.5. The molecule has 2 aromatic rings. The number of aromatic nitrogens is 2. The summed E-state index contributed by atoms with van der Waals surface area (Å²) in [6, 6.07) is 4.90. The van der Waals surface area contributed by atoms with E-state index in [1.54, 1.807) is 0 Å². The van der Waals surface area contributed by atoms with Crippen LogP contribution in [0.15, 0.2) is 30.5 Å². The predicted octanol–water partition coefficient (Wildman–Crippen LogP) is 2.08. The fraction of sp³-hybridized carbons (Fsp3) is 0.312. The Hall–Kier alpha value is -2.68. The van der Waals surface area contributed by atoms with E-state index in [-0.39, 0.29) is 23.2 Å². The monoisotopic (exact) mass is 351 g/mol. The molecule has 4 N–H and O–H groups in total. The Labute approximate surface area is 141 Å². The van der Waals surface area contributed by atoms with Gasteiger partial charge in [-0.05, 0) is 37.2 Å². The molecule has 1 unspecified atom stereocenters. The molecule has 1 fully saturated rings. The van der Waals surface area contributed by atoms with Crippen LogP contribution in [-0.4, -0.2) is 34.9 Å². The first-order valence-electron chi connectivity index (χ1n) is 7.67. The number of hydrogen-bond acceptors (Lipinski definition) is 6. The second-order valence-electron chi connectivity index (χ2n) is 5.69. The number of nitrogens with two attached hydrogens (primary N) is 1. The molecule has 3 rings (SSSR count). The summed E-state index contributed by atoms with van der Waals surface area (Å²) in [5.74, 6) is -0.834. The zero-order valence-corrected chi connectivity index (χ0v) is 13.1. The van der Waals surface area contributed by atoms with Gasteiger partial charge in [-0.1, -0.05) is 0 Å². The number of rotatable bonds is 4. The van der Waals surface area contributed by atoms with Crippen molar-refractivity contribution < 1.29 is 18.0 Å². The highest BCUT2D eigenvalue weighted by Crippen LogP contribution is 2.33. The average Bonchev–Trinajstić information content (AvgIpc) is 3.06. The van der Waals surface area contributed by atoms with Gasteiger partial charge in [-0.15, -0.1) is 0 Å². The summed E-state index contributed by atoms with van der Waals surface area (Å²) < 4.78 is 39.9. The molecule has 0 amide bonds. The fourth-order valence-corrected chi connectivity index (χ4v) is 2.67. The van der Waals surface area contributed by atoms with Gasteiger partial charge < -0.3 is 16.4 Å². The molecule has 0 bridgehead atoms. The van der Waals surface area contributed by atoms with E-state index in [4.69, 9.17) is 5.73 Å². The predicted molar refractivity (Wildman–Crippen MR) is 86.2 cm³/mol. The Morgan fingerprint density at radius 3 is 2.76 bits per heavy atom. The van der Waals surface area contributed by atoms with Crippen LogP contribution in [0.1, 0.15) is 28.0 Å². The summed E-state index contributed by atoms with van der Waals surface area (Å²) in [5, 5.41) is 6.18. The van der Waals surface area contributed by atoms with Crippen molar-refractivity contribution in [2.45, 2.75) is 18.6 Å². The first-order valence-corrected chi connectivity index (χ1v) is 7.67. The Kier molecular flexibility index (Phi) is 4.58. The van der Waals surface area contributed by atoms with Crippen LogP contribution in [-0.2, 0) is 6.18 Å². The van der Waals surface area contributed by atoms with Crippen molar-refractivity contribution >= 4 is 17.4 Å². The first kappa shape index (κ1) is 17.2. The Morgan fingerprint density at radius 1 is 1.32 bits per heavy atom. The average molecular weight is 351 g/mol. The number of hydrogen-bond donors (Lipinski definition) is 3. The van der Waals surface area contributed by atoms with E-state index in [2.05, 4.69) is 20.6 Å². The fourth-order valence-electron chi connectivity index (χ4n) is 2.67. The van der Waals surface area contributed by atoms with E-state index >= 15 is 0 Å². The second-order valence-corrected chi connectivity index (χ2v) is 5.69. The van der Waals surface area contributed by atoms with Crippen molar-refractivity contribution in [1.29, 1.82) is 0 Å². The lowest BCUT2D eigenvalue weighted by Crippen LogP contribution is -2.24. The summed E-state index contributed by atoms with van der Waals surface area (Å²) in [4.78, 5) is 20.3. The lowest BCUT2D eigenvalue weighted by Gasteiger charge is -2.16. The van der Waals surface area contributed by atoms with Crippen LogP contribution in [0, 0.1) is 0 Å². The van der Waals surface area contributed by atoms with Crippen LogP contribution < -0.4 is 16.4 Å². The Morgan fingerprint density at radius 2 is 2.12 bits per heavy atom. The number of nitrogens with zero attached hydrogens (tertiary/aromatic N) is 2. The summed E-state index contributed by atoms with van der Waals surface area (Å²) in [6.45, 7) is 1.50. The molecule has 0 aromatic carbocycles. The quantitative estimate of drug-likeness (QED) is 0.731. The van der Waals surface area contributed by atoms with Crippen LogP contribution in [0.25, 0.3) is 0 Å². The highest BCUT2D eigenvalue weighted by atomic mass is 19.4. The van der Waals surface area contributed by atoms with E-state index in [1.165, 1.54) is 24.4 Å². The molecular formula is C16H16F3N5O. The minimum absolute atomic E-state index is 0.0515. The van der Waals surface area contributed by atoms with E-state index < -0.39 is 23.2 Å². The number of carbonyl (C=O) groups is 1. The van der Waals surface area contributed by atoms with Crippen LogP contribution in [0.4, 0.5) is 24.8 Å². The summed E-state index contributed by atoms with van der Waals surface area (Å²) in [5.41, 5.74) is 3.72. The third-order valence-electron chi connectivity index (χ3n) is 3.91. The van der Waals surface area contributed by atoms with E-state index in [9.17, 15) is 18.0 Å². The number of alkyl halides is 3. The van der Waals surface area contributed by atoms with E-state index in [1.807, 2.05) is 0 Å².